The Morgan fingerprint density at radius 2 is 2.00 bits per heavy atom. The number of carbonyl (C=O) groups is 1. The minimum absolute atomic E-state index is 0.168. The van der Waals surface area contributed by atoms with E-state index >= 15 is 0 Å². The summed E-state index contributed by atoms with van der Waals surface area (Å²) in [5.41, 5.74) is -0.291. The molecule has 1 aliphatic carbocycles. The molecular weight excluding hydrogens is 252 g/mol. The summed E-state index contributed by atoms with van der Waals surface area (Å²) in [6.07, 6.45) is 7.71. The maximum atomic E-state index is 12.4. The van der Waals surface area contributed by atoms with Gasteiger partial charge in [-0.25, -0.2) is 0 Å². The fraction of sp³-hybridized carbons (Fsp3) is 0.938. The molecule has 0 aromatic heterocycles. The SMILES string of the molecule is CC(C)(C(=O)NCCOC1CCCC1)C1CCCNC1. The van der Waals surface area contributed by atoms with Gasteiger partial charge in [0, 0.05) is 12.0 Å². The van der Waals surface area contributed by atoms with Gasteiger partial charge in [0.05, 0.1) is 12.7 Å². The molecule has 0 aromatic carbocycles. The zero-order valence-corrected chi connectivity index (χ0v) is 13.0. The molecule has 2 fully saturated rings. The molecule has 4 heteroatoms. The van der Waals surface area contributed by atoms with E-state index in [-0.39, 0.29) is 11.3 Å². The Morgan fingerprint density at radius 3 is 2.65 bits per heavy atom. The van der Waals surface area contributed by atoms with Crippen molar-refractivity contribution in [2.75, 3.05) is 26.2 Å². The van der Waals surface area contributed by atoms with Crippen LogP contribution in [0.2, 0.25) is 0 Å². The van der Waals surface area contributed by atoms with Crippen molar-refractivity contribution in [1.82, 2.24) is 10.6 Å². The molecule has 2 rings (SSSR count). The quantitative estimate of drug-likeness (QED) is 0.733. The number of carbonyl (C=O) groups excluding carboxylic acids is 1. The minimum Gasteiger partial charge on any atom is -0.376 e. The average molecular weight is 282 g/mol. The van der Waals surface area contributed by atoms with Crippen LogP contribution in [0.1, 0.15) is 52.4 Å². The third kappa shape index (κ3) is 4.19. The Bertz CT molecular complexity index is 306. The van der Waals surface area contributed by atoms with Crippen molar-refractivity contribution < 1.29 is 9.53 Å². The van der Waals surface area contributed by atoms with Gasteiger partial charge in [-0.05, 0) is 44.7 Å². The fourth-order valence-electron chi connectivity index (χ4n) is 3.33. The lowest BCUT2D eigenvalue weighted by atomic mass is 9.74. The summed E-state index contributed by atoms with van der Waals surface area (Å²) < 4.78 is 5.78. The van der Waals surface area contributed by atoms with Gasteiger partial charge >= 0.3 is 0 Å². The van der Waals surface area contributed by atoms with Gasteiger partial charge in [0.25, 0.3) is 0 Å². The molecule has 0 bridgehead atoms. The molecule has 20 heavy (non-hydrogen) atoms. The van der Waals surface area contributed by atoms with E-state index in [1.54, 1.807) is 0 Å². The molecule has 1 unspecified atom stereocenters. The minimum atomic E-state index is -0.291. The number of piperidine rings is 1. The van der Waals surface area contributed by atoms with E-state index in [1.807, 2.05) is 0 Å². The van der Waals surface area contributed by atoms with Crippen LogP contribution in [0.15, 0.2) is 0 Å². The molecule has 1 atom stereocenters. The standard InChI is InChI=1S/C16H30N2O2/c1-16(2,13-6-5-9-17-12-13)15(19)18-10-11-20-14-7-3-4-8-14/h13-14,17H,3-12H2,1-2H3,(H,18,19). The number of ether oxygens (including phenoxy) is 1. The lowest BCUT2D eigenvalue weighted by molar-refractivity contribution is -0.132. The predicted octanol–water partition coefficient (Wildman–Crippen LogP) is 2.09. The van der Waals surface area contributed by atoms with Gasteiger partial charge < -0.3 is 15.4 Å². The largest absolute Gasteiger partial charge is 0.376 e. The van der Waals surface area contributed by atoms with Crippen molar-refractivity contribution in [2.45, 2.75) is 58.5 Å². The Kier molecular flexibility index (Phi) is 5.85. The van der Waals surface area contributed by atoms with E-state index < -0.39 is 0 Å². The van der Waals surface area contributed by atoms with Crippen molar-refractivity contribution in [3.8, 4) is 0 Å². The highest BCUT2D eigenvalue weighted by Gasteiger charge is 2.36. The highest BCUT2D eigenvalue weighted by molar-refractivity contribution is 5.82. The van der Waals surface area contributed by atoms with Crippen LogP contribution in [0.3, 0.4) is 0 Å². The maximum absolute atomic E-state index is 12.4. The van der Waals surface area contributed by atoms with Gasteiger partial charge in [0.2, 0.25) is 5.91 Å². The second-order valence-electron chi connectivity index (χ2n) is 6.80. The molecule has 1 amide bonds. The summed E-state index contributed by atoms with van der Waals surface area (Å²) in [5.74, 6) is 0.605. The normalized spacial score (nSPS) is 24.8. The molecular formula is C16H30N2O2. The Labute approximate surface area is 123 Å². The van der Waals surface area contributed by atoms with Gasteiger partial charge in [-0.15, -0.1) is 0 Å². The molecule has 1 heterocycles. The summed E-state index contributed by atoms with van der Waals surface area (Å²) in [7, 11) is 0. The fourth-order valence-corrected chi connectivity index (χ4v) is 3.33. The number of rotatable bonds is 6. The first-order valence-electron chi connectivity index (χ1n) is 8.21. The molecule has 0 aromatic rings. The molecule has 1 saturated carbocycles. The topological polar surface area (TPSA) is 50.4 Å². The van der Waals surface area contributed by atoms with Crippen molar-refractivity contribution >= 4 is 5.91 Å². The lowest BCUT2D eigenvalue weighted by Gasteiger charge is -2.36. The van der Waals surface area contributed by atoms with Crippen molar-refractivity contribution in [3.63, 3.8) is 0 Å². The molecule has 2 aliphatic rings. The highest BCUT2D eigenvalue weighted by atomic mass is 16.5. The van der Waals surface area contributed by atoms with Crippen LogP contribution >= 0.6 is 0 Å². The van der Waals surface area contributed by atoms with Gasteiger partial charge in [-0.2, -0.15) is 0 Å². The Hall–Kier alpha value is -0.610. The van der Waals surface area contributed by atoms with Crippen molar-refractivity contribution in [3.05, 3.63) is 0 Å². The van der Waals surface area contributed by atoms with Gasteiger partial charge in [-0.3, -0.25) is 4.79 Å². The van der Waals surface area contributed by atoms with Gasteiger partial charge in [-0.1, -0.05) is 26.7 Å². The second-order valence-corrected chi connectivity index (χ2v) is 6.80. The molecule has 0 radical (unpaired) electrons. The van der Waals surface area contributed by atoms with Crippen LogP contribution in [-0.4, -0.2) is 38.3 Å². The molecule has 4 nitrogen and oxygen atoms in total. The molecule has 1 saturated heterocycles. The Balaban J connectivity index is 1.66. The van der Waals surface area contributed by atoms with Crippen LogP contribution in [0, 0.1) is 11.3 Å². The lowest BCUT2D eigenvalue weighted by Crippen LogP contribution is -2.47. The van der Waals surface area contributed by atoms with E-state index in [9.17, 15) is 4.79 Å². The maximum Gasteiger partial charge on any atom is 0.226 e. The van der Waals surface area contributed by atoms with E-state index in [1.165, 1.54) is 32.1 Å². The molecule has 1 aliphatic heterocycles. The summed E-state index contributed by atoms with van der Waals surface area (Å²) >= 11 is 0. The zero-order valence-electron chi connectivity index (χ0n) is 13.0. The van der Waals surface area contributed by atoms with Crippen LogP contribution in [0.4, 0.5) is 0 Å². The summed E-state index contributed by atoms with van der Waals surface area (Å²) in [5, 5.41) is 6.45. The van der Waals surface area contributed by atoms with Gasteiger partial charge in [0.15, 0.2) is 0 Å². The number of amides is 1. The first kappa shape index (κ1) is 15.8. The van der Waals surface area contributed by atoms with E-state index in [2.05, 4.69) is 24.5 Å². The first-order chi connectivity index (χ1) is 9.60. The number of hydrogen-bond acceptors (Lipinski definition) is 3. The summed E-state index contributed by atoms with van der Waals surface area (Å²) in [6.45, 7) is 7.46. The summed E-state index contributed by atoms with van der Waals surface area (Å²) in [4.78, 5) is 12.4. The third-order valence-electron chi connectivity index (χ3n) is 4.95. The van der Waals surface area contributed by atoms with E-state index in [0.29, 0.717) is 25.2 Å². The third-order valence-corrected chi connectivity index (χ3v) is 4.95. The number of hydrogen-bond donors (Lipinski definition) is 2. The van der Waals surface area contributed by atoms with Crippen molar-refractivity contribution in [1.29, 1.82) is 0 Å². The van der Waals surface area contributed by atoms with E-state index in [0.717, 1.165) is 19.5 Å². The highest BCUT2D eigenvalue weighted by Crippen LogP contribution is 2.31. The van der Waals surface area contributed by atoms with Crippen LogP contribution < -0.4 is 10.6 Å². The van der Waals surface area contributed by atoms with Crippen LogP contribution in [0.25, 0.3) is 0 Å². The number of nitrogens with one attached hydrogen (secondary N) is 2. The smallest absolute Gasteiger partial charge is 0.226 e. The average Bonchev–Trinajstić information content (AvgIpc) is 2.97. The molecule has 116 valence electrons. The monoisotopic (exact) mass is 282 g/mol. The second kappa shape index (κ2) is 7.41. The molecule has 2 N–H and O–H groups in total. The van der Waals surface area contributed by atoms with E-state index in [4.69, 9.17) is 4.74 Å². The Morgan fingerprint density at radius 1 is 1.25 bits per heavy atom. The molecule has 0 spiro atoms. The summed E-state index contributed by atoms with van der Waals surface area (Å²) in [6, 6.07) is 0. The van der Waals surface area contributed by atoms with Crippen LogP contribution in [-0.2, 0) is 9.53 Å². The van der Waals surface area contributed by atoms with Crippen molar-refractivity contribution in [2.24, 2.45) is 11.3 Å². The first-order valence-corrected chi connectivity index (χ1v) is 8.21. The van der Waals surface area contributed by atoms with Gasteiger partial charge in [0.1, 0.15) is 0 Å². The zero-order chi connectivity index (χ0) is 14.4. The predicted molar refractivity (Wildman–Crippen MR) is 80.6 cm³/mol. The van der Waals surface area contributed by atoms with Crippen LogP contribution in [0.5, 0.6) is 0 Å².